The van der Waals surface area contributed by atoms with E-state index in [2.05, 4.69) is 4.74 Å². The number of nitro benzene ring substituents is 1. The first-order valence-electron chi connectivity index (χ1n) is 4.25. The van der Waals surface area contributed by atoms with Crippen molar-refractivity contribution in [2.75, 3.05) is 12.3 Å². The van der Waals surface area contributed by atoms with Crippen LogP contribution >= 0.6 is 11.6 Å². The monoisotopic (exact) mass is 255 g/mol. The highest BCUT2D eigenvalue weighted by Gasteiger charge is 2.19. The van der Waals surface area contributed by atoms with Gasteiger partial charge in [0.25, 0.3) is 5.69 Å². The van der Waals surface area contributed by atoms with Gasteiger partial charge in [-0.2, -0.15) is 5.26 Å². The van der Waals surface area contributed by atoms with E-state index in [1.54, 1.807) is 6.07 Å². The maximum atomic E-state index is 11.3. The summed E-state index contributed by atoms with van der Waals surface area (Å²) in [4.78, 5) is 21.2. The lowest BCUT2D eigenvalue weighted by atomic mass is 10.2. The highest BCUT2D eigenvalue weighted by atomic mass is 35.5. The Kier molecular flexibility index (Phi) is 3.85. The number of esters is 1. The zero-order valence-electron chi connectivity index (χ0n) is 8.34. The van der Waals surface area contributed by atoms with Gasteiger partial charge in [-0.25, -0.2) is 4.79 Å². The molecule has 8 heteroatoms. The fourth-order valence-corrected chi connectivity index (χ4v) is 1.27. The molecule has 0 amide bonds. The molecule has 2 N–H and O–H groups in total. The van der Waals surface area contributed by atoms with Crippen molar-refractivity contribution < 1.29 is 14.5 Å². The molecular weight excluding hydrogens is 250 g/mol. The predicted molar refractivity (Wildman–Crippen MR) is 58.4 cm³/mol. The topological polar surface area (TPSA) is 119 Å². The molecule has 0 aliphatic rings. The summed E-state index contributed by atoms with van der Waals surface area (Å²) in [7, 11) is 0. The number of benzene rings is 1. The molecule has 0 unspecified atom stereocenters. The van der Waals surface area contributed by atoms with Gasteiger partial charge in [0.05, 0.1) is 15.5 Å². The van der Waals surface area contributed by atoms with Gasteiger partial charge in [-0.15, -0.1) is 0 Å². The van der Waals surface area contributed by atoms with Gasteiger partial charge in [0.15, 0.2) is 6.61 Å². The van der Waals surface area contributed by atoms with E-state index in [9.17, 15) is 14.9 Å². The number of nitrogens with zero attached hydrogens (tertiary/aromatic N) is 2. The molecule has 0 fully saturated rings. The molecule has 0 radical (unpaired) electrons. The van der Waals surface area contributed by atoms with Crippen LogP contribution < -0.4 is 5.73 Å². The Hall–Kier alpha value is -2.33. The molecule has 1 aromatic carbocycles. The molecule has 1 aromatic rings. The quantitative estimate of drug-likeness (QED) is 0.378. The lowest BCUT2D eigenvalue weighted by Gasteiger charge is -2.04. The molecule has 0 saturated heterocycles. The minimum Gasteiger partial charge on any atom is -0.447 e. The van der Waals surface area contributed by atoms with Gasteiger partial charge in [0, 0.05) is 6.07 Å². The van der Waals surface area contributed by atoms with Crippen molar-refractivity contribution in [1.82, 2.24) is 0 Å². The van der Waals surface area contributed by atoms with Gasteiger partial charge in [0.1, 0.15) is 11.8 Å². The molecule has 88 valence electrons. The summed E-state index contributed by atoms with van der Waals surface area (Å²) in [6, 6.07) is 3.68. The van der Waals surface area contributed by atoms with E-state index in [-0.39, 0.29) is 16.3 Å². The molecule has 0 atom stereocenters. The van der Waals surface area contributed by atoms with Crippen molar-refractivity contribution in [3.63, 3.8) is 0 Å². The number of nitrogens with two attached hydrogens (primary N) is 1. The maximum absolute atomic E-state index is 11.3. The van der Waals surface area contributed by atoms with Crippen LogP contribution in [-0.4, -0.2) is 17.5 Å². The number of ether oxygens (including phenoxy) is 1. The zero-order valence-corrected chi connectivity index (χ0v) is 9.10. The van der Waals surface area contributed by atoms with E-state index in [0.29, 0.717) is 0 Å². The third-order valence-electron chi connectivity index (χ3n) is 1.81. The van der Waals surface area contributed by atoms with Crippen molar-refractivity contribution in [3.05, 3.63) is 32.8 Å². The van der Waals surface area contributed by atoms with Crippen molar-refractivity contribution in [2.45, 2.75) is 0 Å². The number of carbonyl (C=O) groups is 1. The minimum absolute atomic E-state index is 0.122. The van der Waals surface area contributed by atoms with Crippen molar-refractivity contribution in [1.29, 1.82) is 5.26 Å². The Morgan fingerprint density at radius 2 is 2.29 bits per heavy atom. The average molecular weight is 256 g/mol. The van der Waals surface area contributed by atoms with E-state index in [1.807, 2.05) is 0 Å². The van der Waals surface area contributed by atoms with E-state index in [0.717, 1.165) is 12.1 Å². The van der Waals surface area contributed by atoms with Crippen LogP contribution in [0.3, 0.4) is 0 Å². The second-order valence-corrected chi connectivity index (χ2v) is 3.29. The first kappa shape index (κ1) is 12.7. The molecule has 0 saturated carbocycles. The molecule has 17 heavy (non-hydrogen) atoms. The first-order valence-corrected chi connectivity index (χ1v) is 4.62. The lowest BCUT2D eigenvalue weighted by Crippen LogP contribution is -2.07. The molecule has 7 nitrogen and oxygen atoms in total. The second-order valence-electron chi connectivity index (χ2n) is 2.88. The molecule has 0 spiro atoms. The highest BCUT2D eigenvalue weighted by molar-refractivity contribution is 6.34. The largest absolute Gasteiger partial charge is 0.447 e. The van der Waals surface area contributed by atoms with Crippen LogP contribution in [0.4, 0.5) is 11.4 Å². The van der Waals surface area contributed by atoms with Gasteiger partial charge in [-0.05, 0) is 6.07 Å². The summed E-state index contributed by atoms with van der Waals surface area (Å²) in [5, 5.41) is 18.7. The molecule has 1 rings (SSSR count). The number of nitriles is 1. The maximum Gasteiger partial charge on any atom is 0.339 e. The molecule has 0 aliphatic carbocycles. The zero-order chi connectivity index (χ0) is 13.0. The highest BCUT2D eigenvalue weighted by Crippen LogP contribution is 2.30. The molecule has 0 bridgehead atoms. The smallest absolute Gasteiger partial charge is 0.339 e. The van der Waals surface area contributed by atoms with Crippen LogP contribution in [0.25, 0.3) is 0 Å². The Bertz CT molecular complexity index is 524. The Morgan fingerprint density at radius 3 is 2.82 bits per heavy atom. The molecule has 0 heterocycles. The average Bonchev–Trinajstić information content (AvgIpc) is 2.28. The normalized spacial score (nSPS) is 9.41. The van der Waals surface area contributed by atoms with Crippen LogP contribution in [0, 0.1) is 21.4 Å². The van der Waals surface area contributed by atoms with Crippen LogP contribution in [0.1, 0.15) is 10.4 Å². The standard InChI is InChI=1S/C9H6ClN3O4/c10-6-3-5(9(14)17-2-1-11)4-7(8(6)12)13(15)16/h3-4H,2,12H2. The Balaban J connectivity index is 3.15. The second kappa shape index (κ2) is 5.14. The molecular formula is C9H6ClN3O4. The van der Waals surface area contributed by atoms with E-state index in [4.69, 9.17) is 22.6 Å². The minimum atomic E-state index is -0.878. The predicted octanol–water partition coefficient (Wildman–Crippen LogP) is 1.51. The Morgan fingerprint density at radius 1 is 1.65 bits per heavy atom. The van der Waals surface area contributed by atoms with Gasteiger partial charge in [0.2, 0.25) is 0 Å². The number of nitro groups is 1. The number of halogens is 1. The number of rotatable bonds is 3. The lowest BCUT2D eigenvalue weighted by molar-refractivity contribution is -0.383. The van der Waals surface area contributed by atoms with E-state index in [1.165, 1.54) is 0 Å². The number of nitrogen functional groups attached to an aromatic ring is 1. The third-order valence-corrected chi connectivity index (χ3v) is 2.12. The van der Waals surface area contributed by atoms with Crippen molar-refractivity contribution in [2.24, 2.45) is 0 Å². The van der Waals surface area contributed by atoms with E-state index >= 15 is 0 Å². The van der Waals surface area contributed by atoms with Gasteiger partial charge < -0.3 is 10.5 Å². The third kappa shape index (κ3) is 2.83. The molecule has 0 aromatic heterocycles. The summed E-state index contributed by atoms with van der Waals surface area (Å²) >= 11 is 5.64. The van der Waals surface area contributed by atoms with Gasteiger partial charge in [-0.3, -0.25) is 10.1 Å². The van der Waals surface area contributed by atoms with Crippen LogP contribution in [0.5, 0.6) is 0 Å². The van der Waals surface area contributed by atoms with Crippen LogP contribution in [-0.2, 0) is 4.74 Å². The summed E-state index contributed by atoms with van der Waals surface area (Å²) in [6.45, 7) is -0.450. The first-order chi connectivity index (χ1) is 7.97. The van der Waals surface area contributed by atoms with Gasteiger partial charge in [-0.1, -0.05) is 11.6 Å². The molecule has 0 aliphatic heterocycles. The van der Waals surface area contributed by atoms with Crippen LogP contribution in [0.15, 0.2) is 12.1 Å². The number of hydrogen-bond acceptors (Lipinski definition) is 6. The van der Waals surface area contributed by atoms with Crippen LogP contribution in [0.2, 0.25) is 5.02 Å². The van der Waals surface area contributed by atoms with Gasteiger partial charge >= 0.3 is 5.97 Å². The van der Waals surface area contributed by atoms with Crippen molar-refractivity contribution >= 4 is 28.9 Å². The summed E-state index contributed by atoms with van der Waals surface area (Å²) in [5.41, 5.74) is 4.53. The SMILES string of the molecule is N#CCOC(=O)c1cc(Cl)c(N)c([N+](=O)[O-])c1. The van der Waals surface area contributed by atoms with Crippen molar-refractivity contribution in [3.8, 4) is 6.07 Å². The fourth-order valence-electron chi connectivity index (χ4n) is 1.05. The number of hydrogen-bond donors (Lipinski definition) is 1. The summed E-state index contributed by atoms with van der Waals surface area (Å²) in [5.74, 6) is -0.878. The summed E-state index contributed by atoms with van der Waals surface area (Å²) < 4.78 is 4.48. The Labute approximate surface area is 100 Å². The fraction of sp³-hybridized carbons (Fsp3) is 0.111. The summed E-state index contributed by atoms with van der Waals surface area (Å²) in [6.07, 6.45) is 0. The number of carbonyl (C=O) groups excluding carboxylic acids is 1. The number of anilines is 1. The van der Waals surface area contributed by atoms with E-state index < -0.39 is 23.2 Å².